The van der Waals surface area contributed by atoms with Gasteiger partial charge in [0.05, 0.1) is 19.7 Å². The third-order valence-corrected chi connectivity index (χ3v) is 4.30. The smallest absolute Gasteiger partial charge is 0.407 e. The first kappa shape index (κ1) is 17.3. The number of benzene rings is 1. The van der Waals surface area contributed by atoms with Crippen LogP contribution in [0.2, 0.25) is 0 Å². The van der Waals surface area contributed by atoms with Crippen LogP contribution in [0.15, 0.2) is 6.07 Å². The summed E-state index contributed by atoms with van der Waals surface area (Å²) in [5, 5.41) is 19.1. The number of hydrogen-bond donors (Lipinski definition) is 2. The minimum atomic E-state index is -0.952. The molecule has 1 amide bonds. The van der Waals surface area contributed by atoms with Gasteiger partial charge in [-0.15, -0.1) is 0 Å². The molecule has 0 atom stereocenters. The van der Waals surface area contributed by atoms with Crippen molar-refractivity contribution in [3.8, 4) is 17.6 Å². The maximum absolute atomic E-state index is 11.0. The number of fused-ring (bicyclic) bond motifs is 1. The molecule has 3 N–H and O–H groups in total. The van der Waals surface area contributed by atoms with Gasteiger partial charge in [0.25, 0.3) is 0 Å². The highest BCUT2D eigenvalue weighted by Crippen LogP contribution is 2.38. The van der Waals surface area contributed by atoms with Crippen molar-refractivity contribution in [3.63, 3.8) is 0 Å². The maximum Gasteiger partial charge on any atom is 0.407 e. The molecule has 1 saturated heterocycles. The fourth-order valence-corrected chi connectivity index (χ4v) is 2.93. The summed E-state index contributed by atoms with van der Waals surface area (Å²) >= 11 is 0. The number of aromatic nitrogens is 2. The number of methoxy groups -OCH3 is 2. The van der Waals surface area contributed by atoms with Crippen molar-refractivity contribution in [1.82, 2.24) is 14.9 Å². The van der Waals surface area contributed by atoms with Crippen molar-refractivity contribution >= 4 is 28.8 Å². The van der Waals surface area contributed by atoms with Gasteiger partial charge < -0.3 is 30.1 Å². The number of carbonyl (C=O) groups is 1. The SMILES string of the molecule is COc1cc2c(N)nc(N3CCN(C(=O)O)CC3)nc2c(C#N)c1OC. The third-order valence-electron chi connectivity index (χ3n) is 4.30. The molecule has 3 rings (SSSR count). The van der Waals surface area contributed by atoms with Gasteiger partial charge in [0, 0.05) is 31.6 Å². The number of anilines is 2. The molecule has 10 heteroatoms. The molecule has 1 aliphatic rings. The van der Waals surface area contributed by atoms with Crippen LogP contribution in [0.5, 0.6) is 11.5 Å². The summed E-state index contributed by atoms with van der Waals surface area (Å²) in [6.45, 7) is 1.56. The van der Waals surface area contributed by atoms with E-state index in [9.17, 15) is 10.1 Å². The summed E-state index contributed by atoms with van der Waals surface area (Å²) < 4.78 is 10.6. The molecule has 10 nitrogen and oxygen atoms in total. The van der Waals surface area contributed by atoms with E-state index in [1.54, 1.807) is 6.07 Å². The normalized spacial score (nSPS) is 14.2. The first-order valence-electron chi connectivity index (χ1n) is 7.85. The Labute approximate surface area is 149 Å². The number of ether oxygens (including phenoxy) is 2. The molecule has 0 saturated carbocycles. The number of nitrogens with two attached hydrogens (primary N) is 1. The predicted octanol–water partition coefficient (Wildman–Crippen LogP) is 0.901. The predicted molar refractivity (Wildman–Crippen MR) is 93.6 cm³/mol. The molecule has 0 aliphatic carbocycles. The van der Waals surface area contributed by atoms with Crippen molar-refractivity contribution < 1.29 is 19.4 Å². The molecule has 2 aromatic rings. The lowest BCUT2D eigenvalue weighted by molar-refractivity contribution is 0.142. The Morgan fingerprint density at radius 2 is 1.96 bits per heavy atom. The van der Waals surface area contributed by atoms with E-state index >= 15 is 0 Å². The minimum absolute atomic E-state index is 0.210. The fourth-order valence-electron chi connectivity index (χ4n) is 2.93. The van der Waals surface area contributed by atoms with Gasteiger partial charge in [0.2, 0.25) is 5.95 Å². The largest absolute Gasteiger partial charge is 0.493 e. The molecule has 0 spiro atoms. The Bertz CT molecular complexity index is 902. The van der Waals surface area contributed by atoms with Gasteiger partial charge in [-0.25, -0.2) is 9.78 Å². The summed E-state index contributed by atoms with van der Waals surface area (Å²) in [4.78, 5) is 23.0. The van der Waals surface area contributed by atoms with Gasteiger partial charge in [0.15, 0.2) is 11.5 Å². The Morgan fingerprint density at radius 3 is 2.50 bits per heavy atom. The van der Waals surface area contributed by atoms with Crippen molar-refractivity contribution in [2.45, 2.75) is 0 Å². The van der Waals surface area contributed by atoms with Crippen molar-refractivity contribution in [1.29, 1.82) is 5.26 Å². The van der Waals surface area contributed by atoms with Crippen molar-refractivity contribution in [3.05, 3.63) is 11.6 Å². The second kappa shape index (κ2) is 6.79. The van der Waals surface area contributed by atoms with Crippen LogP contribution in [0.3, 0.4) is 0 Å². The van der Waals surface area contributed by atoms with E-state index in [0.29, 0.717) is 48.8 Å². The Hall–Kier alpha value is -3.48. The zero-order chi connectivity index (χ0) is 18.8. The van der Waals surface area contributed by atoms with E-state index < -0.39 is 6.09 Å². The van der Waals surface area contributed by atoms with Gasteiger partial charge in [-0.05, 0) is 6.07 Å². The highest BCUT2D eigenvalue weighted by molar-refractivity contribution is 5.96. The van der Waals surface area contributed by atoms with Crippen LogP contribution in [-0.2, 0) is 0 Å². The van der Waals surface area contributed by atoms with E-state index in [1.807, 2.05) is 4.90 Å². The minimum Gasteiger partial charge on any atom is -0.493 e. The van der Waals surface area contributed by atoms with Crippen LogP contribution in [0.25, 0.3) is 10.9 Å². The van der Waals surface area contributed by atoms with Crippen LogP contribution in [-0.4, -0.2) is 66.5 Å². The first-order valence-corrected chi connectivity index (χ1v) is 7.85. The molecule has 1 aromatic heterocycles. The molecule has 26 heavy (non-hydrogen) atoms. The summed E-state index contributed by atoms with van der Waals surface area (Å²) in [6.07, 6.45) is -0.952. The topological polar surface area (TPSA) is 138 Å². The van der Waals surface area contributed by atoms with E-state index in [0.717, 1.165) is 0 Å². The molecule has 0 bridgehead atoms. The van der Waals surface area contributed by atoms with Crippen LogP contribution in [0.1, 0.15) is 5.56 Å². The van der Waals surface area contributed by atoms with Crippen LogP contribution >= 0.6 is 0 Å². The molecular formula is C16H18N6O4. The zero-order valence-corrected chi connectivity index (χ0v) is 14.4. The average molecular weight is 358 g/mol. The number of piperazine rings is 1. The Balaban J connectivity index is 2.07. The van der Waals surface area contributed by atoms with Gasteiger partial charge in [0.1, 0.15) is 17.5 Å². The fraction of sp³-hybridized carbons (Fsp3) is 0.375. The lowest BCUT2D eigenvalue weighted by Crippen LogP contribution is -2.48. The Morgan fingerprint density at radius 1 is 1.27 bits per heavy atom. The highest BCUT2D eigenvalue weighted by atomic mass is 16.5. The molecule has 1 fully saturated rings. The average Bonchev–Trinajstić information content (AvgIpc) is 2.66. The zero-order valence-electron chi connectivity index (χ0n) is 14.4. The monoisotopic (exact) mass is 358 g/mol. The lowest BCUT2D eigenvalue weighted by Gasteiger charge is -2.33. The number of nitriles is 1. The van der Waals surface area contributed by atoms with E-state index in [-0.39, 0.29) is 17.1 Å². The number of nitrogens with zero attached hydrogens (tertiary/aromatic N) is 5. The van der Waals surface area contributed by atoms with Crippen molar-refractivity contribution in [2.75, 3.05) is 51.0 Å². The molecule has 0 radical (unpaired) electrons. The summed E-state index contributed by atoms with van der Waals surface area (Å²) in [7, 11) is 2.92. The van der Waals surface area contributed by atoms with Crippen LogP contribution in [0, 0.1) is 11.3 Å². The first-order chi connectivity index (χ1) is 12.5. The number of nitrogen functional groups attached to an aromatic ring is 1. The second-order valence-electron chi connectivity index (χ2n) is 5.66. The van der Waals surface area contributed by atoms with Gasteiger partial charge in [-0.1, -0.05) is 0 Å². The molecule has 1 aliphatic heterocycles. The quantitative estimate of drug-likeness (QED) is 0.819. The number of hydrogen-bond acceptors (Lipinski definition) is 8. The standard InChI is InChI=1S/C16H18N6O4/c1-25-11-7-9-12(10(8-17)13(11)26-2)19-15(20-14(9)18)21-3-5-22(6-4-21)16(23)24/h7H,3-6H2,1-2H3,(H,23,24)(H2,18,19,20). The number of carboxylic acid groups (broad SMARTS) is 1. The molecule has 136 valence electrons. The van der Waals surface area contributed by atoms with E-state index in [2.05, 4.69) is 16.0 Å². The van der Waals surface area contributed by atoms with Crippen LogP contribution in [0.4, 0.5) is 16.6 Å². The maximum atomic E-state index is 11.0. The Kier molecular flexibility index (Phi) is 4.53. The van der Waals surface area contributed by atoms with Crippen molar-refractivity contribution in [2.24, 2.45) is 0 Å². The van der Waals surface area contributed by atoms with Crippen LogP contribution < -0.4 is 20.1 Å². The van der Waals surface area contributed by atoms with E-state index in [1.165, 1.54) is 19.1 Å². The summed E-state index contributed by atoms with van der Waals surface area (Å²) in [5.74, 6) is 1.21. The molecule has 1 aromatic carbocycles. The molecule has 0 unspecified atom stereocenters. The number of rotatable bonds is 3. The summed E-state index contributed by atoms with van der Waals surface area (Å²) in [6, 6.07) is 3.72. The molecule has 2 heterocycles. The third kappa shape index (κ3) is 2.83. The van der Waals surface area contributed by atoms with E-state index in [4.69, 9.17) is 20.3 Å². The van der Waals surface area contributed by atoms with Gasteiger partial charge in [-0.2, -0.15) is 10.2 Å². The van der Waals surface area contributed by atoms with Gasteiger partial charge in [-0.3, -0.25) is 0 Å². The lowest BCUT2D eigenvalue weighted by atomic mass is 10.1. The second-order valence-corrected chi connectivity index (χ2v) is 5.66. The van der Waals surface area contributed by atoms with Gasteiger partial charge >= 0.3 is 6.09 Å². The number of amides is 1. The summed E-state index contributed by atoms with van der Waals surface area (Å²) in [5.41, 5.74) is 6.67. The highest BCUT2D eigenvalue weighted by Gasteiger charge is 2.24. The molecular weight excluding hydrogens is 340 g/mol.